The highest BCUT2D eigenvalue weighted by molar-refractivity contribution is 6.11. The number of anilines is 1. The van der Waals surface area contributed by atoms with Gasteiger partial charge < -0.3 is 30.5 Å². The van der Waals surface area contributed by atoms with Crippen molar-refractivity contribution in [1.82, 2.24) is 15.6 Å². The predicted molar refractivity (Wildman–Crippen MR) is 101 cm³/mol. The van der Waals surface area contributed by atoms with Crippen LogP contribution >= 0.6 is 0 Å². The van der Waals surface area contributed by atoms with E-state index in [1.165, 1.54) is 6.26 Å². The average molecular weight is 369 g/mol. The quantitative estimate of drug-likeness (QED) is 0.623. The molecule has 2 heterocycles. The van der Waals surface area contributed by atoms with Crippen molar-refractivity contribution >= 4 is 17.6 Å². The molecule has 0 bridgehead atoms. The standard InChI is InChI=1S/C19H23N5O3/c1-21-8-12-6-16(14(7-15(12)20)11-2-3-11)22-18(26)17-10-27-19(23-17)24-5-4-13(25)9-24/h6-8,10-11,13,20-21,25H,2-5,9H2,1H3,(H,22,26)/b12-8-,20-15?. The summed E-state index contributed by atoms with van der Waals surface area (Å²) in [6, 6.07) is 0.352. The van der Waals surface area contributed by atoms with Gasteiger partial charge in [-0.2, -0.15) is 4.98 Å². The summed E-state index contributed by atoms with van der Waals surface area (Å²) in [6.07, 6.45) is 9.15. The second kappa shape index (κ2) is 7.03. The van der Waals surface area contributed by atoms with Gasteiger partial charge in [0, 0.05) is 37.6 Å². The van der Waals surface area contributed by atoms with Crippen LogP contribution < -0.4 is 15.5 Å². The van der Waals surface area contributed by atoms with E-state index >= 15 is 0 Å². The molecule has 0 aromatic carbocycles. The Hall–Kier alpha value is -2.87. The van der Waals surface area contributed by atoms with Crippen molar-refractivity contribution in [2.75, 3.05) is 25.0 Å². The highest BCUT2D eigenvalue weighted by atomic mass is 16.4. The minimum absolute atomic E-state index is 0.197. The van der Waals surface area contributed by atoms with Crippen molar-refractivity contribution in [2.24, 2.45) is 5.92 Å². The van der Waals surface area contributed by atoms with Crippen molar-refractivity contribution in [2.45, 2.75) is 25.4 Å². The summed E-state index contributed by atoms with van der Waals surface area (Å²) >= 11 is 0. The molecule has 4 N–H and O–H groups in total. The molecule has 1 aromatic heterocycles. The van der Waals surface area contributed by atoms with Crippen LogP contribution in [0.15, 0.2) is 45.9 Å². The number of rotatable bonds is 5. The summed E-state index contributed by atoms with van der Waals surface area (Å²) in [5, 5.41) is 23.7. The zero-order chi connectivity index (χ0) is 19.0. The van der Waals surface area contributed by atoms with Gasteiger partial charge >= 0.3 is 0 Å². The summed E-state index contributed by atoms with van der Waals surface area (Å²) in [5.41, 5.74) is 3.04. The monoisotopic (exact) mass is 369 g/mol. The Morgan fingerprint density at radius 1 is 1.41 bits per heavy atom. The number of aliphatic hydroxyl groups excluding tert-OH is 1. The maximum atomic E-state index is 12.7. The zero-order valence-electron chi connectivity index (χ0n) is 15.2. The highest BCUT2D eigenvalue weighted by Gasteiger charge is 2.32. The Labute approximate surface area is 157 Å². The number of allylic oxidation sites excluding steroid dienone is 4. The maximum absolute atomic E-state index is 12.7. The number of β-amino-alcohol motifs (C(OH)–C–C–N with tert-alkyl or cyclic N) is 1. The van der Waals surface area contributed by atoms with Crippen LogP contribution in [0.2, 0.25) is 0 Å². The molecule has 1 aromatic rings. The summed E-state index contributed by atoms with van der Waals surface area (Å²) in [6.45, 7) is 1.12. The lowest BCUT2D eigenvalue weighted by molar-refractivity contribution is 0.0961. The molecular formula is C19H23N5O3. The molecule has 1 amide bonds. The van der Waals surface area contributed by atoms with E-state index in [1.54, 1.807) is 13.2 Å². The summed E-state index contributed by atoms with van der Waals surface area (Å²) in [4.78, 5) is 18.8. The molecule has 2 aliphatic carbocycles. The van der Waals surface area contributed by atoms with E-state index in [0.29, 0.717) is 48.4 Å². The Kier molecular flexibility index (Phi) is 4.57. The van der Waals surface area contributed by atoms with Gasteiger partial charge in [0.2, 0.25) is 0 Å². The van der Waals surface area contributed by atoms with Gasteiger partial charge in [-0.3, -0.25) is 4.79 Å². The van der Waals surface area contributed by atoms with Crippen molar-refractivity contribution < 1.29 is 14.3 Å². The van der Waals surface area contributed by atoms with Crippen LogP contribution in [0.4, 0.5) is 6.01 Å². The molecule has 8 heteroatoms. The lowest BCUT2D eigenvalue weighted by Gasteiger charge is -2.19. The van der Waals surface area contributed by atoms with Crippen molar-refractivity contribution in [1.29, 1.82) is 5.41 Å². The van der Waals surface area contributed by atoms with Gasteiger partial charge in [0.25, 0.3) is 11.9 Å². The normalized spacial score (nSPS) is 24.1. The number of carbonyl (C=O) groups excluding carboxylic acids is 1. The topological polar surface area (TPSA) is 114 Å². The number of amides is 1. The van der Waals surface area contributed by atoms with Gasteiger partial charge in [0.15, 0.2) is 5.69 Å². The molecule has 1 saturated heterocycles. The first-order valence-corrected chi connectivity index (χ1v) is 9.15. The van der Waals surface area contributed by atoms with Crippen LogP contribution in [0.5, 0.6) is 0 Å². The van der Waals surface area contributed by atoms with E-state index in [1.807, 2.05) is 17.1 Å². The molecule has 1 aliphatic heterocycles. The molecule has 4 rings (SSSR count). The number of aromatic nitrogens is 1. The first kappa shape index (κ1) is 17.5. The summed E-state index contributed by atoms with van der Waals surface area (Å²) in [5.74, 6) is 0.0479. The van der Waals surface area contributed by atoms with Crippen LogP contribution in [0.1, 0.15) is 29.8 Å². The van der Waals surface area contributed by atoms with Crippen LogP contribution in [0.25, 0.3) is 0 Å². The Morgan fingerprint density at radius 3 is 2.89 bits per heavy atom. The number of hydrogen-bond acceptors (Lipinski definition) is 7. The molecule has 8 nitrogen and oxygen atoms in total. The number of nitrogens with zero attached hydrogens (tertiary/aromatic N) is 2. The fourth-order valence-electron chi connectivity index (χ4n) is 3.36. The van der Waals surface area contributed by atoms with Crippen LogP contribution in [-0.4, -0.2) is 48.0 Å². The van der Waals surface area contributed by atoms with E-state index in [0.717, 1.165) is 18.4 Å². The number of nitrogens with one attached hydrogen (secondary N) is 3. The predicted octanol–water partition coefficient (Wildman–Crippen LogP) is 1.33. The van der Waals surface area contributed by atoms with Crippen molar-refractivity contribution in [3.63, 3.8) is 0 Å². The Morgan fingerprint density at radius 2 is 2.22 bits per heavy atom. The van der Waals surface area contributed by atoms with Crippen molar-refractivity contribution in [3.05, 3.63) is 47.2 Å². The van der Waals surface area contributed by atoms with Crippen LogP contribution in [0, 0.1) is 11.3 Å². The SMILES string of the molecule is CN/C=C1/C=C(NC(=O)c2coc(N3CCC(O)C3)n2)C(C2CC2)=CC1=N. The average Bonchev–Trinajstić information content (AvgIpc) is 3.19. The third-order valence-corrected chi connectivity index (χ3v) is 4.95. The third kappa shape index (κ3) is 3.66. The van der Waals surface area contributed by atoms with Crippen molar-refractivity contribution in [3.8, 4) is 0 Å². The zero-order valence-corrected chi connectivity index (χ0v) is 15.2. The first-order chi connectivity index (χ1) is 13.0. The van der Waals surface area contributed by atoms with E-state index < -0.39 is 0 Å². The minimum Gasteiger partial charge on any atom is -0.431 e. The number of hydrogen-bond donors (Lipinski definition) is 4. The maximum Gasteiger partial charge on any atom is 0.298 e. The number of aliphatic hydroxyl groups is 1. The smallest absolute Gasteiger partial charge is 0.298 e. The molecule has 0 spiro atoms. The second-order valence-corrected chi connectivity index (χ2v) is 7.09. The van der Waals surface area contributed by atoms with E-state index in [4.69, 9.17) is 9.83 Å². The molecule has 1 atom stereocenters. The summed E-state index contributed by atoms with van der Waals surface area (Å²) < 4.78 is 5.42. The van der Waals surface area contributed by atoms with Crippen LogP contribution in [-0.2, 0) is 0 Å². The van der Waals surface area contributed by atoms with Gasteiger partial charge in [0.1, 0.15) is 6.26 Å². The Balaban J connectivity index is 1.51. The van der Waals surface area contributed by atoms with Gasteiger partial charge in [-0.25, -0.2) is 0 Å². The minimum atomic E-state index is -0.388. The lowest BCUT2D eigenvalue weighted by atomic mass is 9.94. The molecule has 3 aliphatic rings. The Bertz CT molecular complexity index is 862. The van der Waals surface area contributed by atoms with Gasteiger partial charge in [-0.05, 0) is 42.9 Å². The molecule has 2 fully saturated rings. The highest BCUT2D eigenvalue weighted by Crippen LogP contribution is 2.41. The molecule has 142 valence electrons. The van der Waals surface area contributed by atoms with E-state index in [-0.39, 0.29) is 17.7 Å². The number of oxazole rings is 1. The molecule has 1 unspecified atom stereocenters. The van der Waals surface area contributed by atoms with E-state index in [2.05, 4.69) is 15.6 Å². The lowest BCUT2D eigenvalue weighted by Crippen LogP contribution is -2.27. The van der Waals surface area contributed by atoms with Gasteiger partial charge in [-0.15, -0.1) is 0 Å². The number of carbonyl (C=O) groups is 1. The largest absolute Gasteiger partial charge is 0.431 e. The fraction of sp³-hybridized carbons (Fsp3) is 0.421. The van der Waals surface area contributed by atoms with Gasteiger partial charge in [0.05, 0.1) is 11.8 Å². The first-order valence-electron chi connectivity index (χ1n) is 9.15. The van der Waals surface area contributed by atoms with Crippen LogP contribution in [0.3, 0.4) is 0 Å². The molecule has 27 heavy (non-hydrogen) atoms. The fourth-order valence-corrected chi connectivity index (χ4v) is 3.36. The van der Waals surface area contributed by atoms with E-state index in [9.17, 15) is 9.90 Å². The molecule has 1 saturated carbocycles. The second-order valence-electron chi connectivity index (χ2n) is 7.09. The molecular weight excluding hydrogens is 346 g/mol. The third-order valence-electron chi connectivity index (χ3n) is 4.95. The summed E-state index contributed by atoms with van der Waals surface area (Å²) in [7, 11) is 1.78. The van der Waals surface area contributed by atoms with Gasteiger partial charge in [-0.1, -0.05) is 0 Å². The molecule has 0 radical (unpaired) electrons.